The molecule has 2 aromatic carbocycles. The monoisotopic (exact) mass is 394 g/mol. The fourth-order valence-electron chi connectivity index (χ4n) is 3.28. The summed E-state index contributed by atoms with van der Waals surface area (Å²) in [6, 6.07) is 16.8. The van der Waals surface area contributed by atoms with Crippen LogP contribution in [0.1, 0.15) is 17.2 Å². The van der Waals surface area contributed by atoms with Gasteiger partial charge in [0, 0.05) is 28.7 Å². The second-order valence-electron chi connectivity index (χ2n) is 6.67. The molecule has 28 heavy (non-hydrogen) atoms. The van der Waals surface area contributed by atoms with Crippen LogP contribution in [-0.4, -0.2) is 35.5 Å². The third kappa shape index (κ3) is 4.01. The number of halogens is 1. The highest BCUT2D eigenvalue weighted by Gasteiger charge is 2.24. The number of carbonyl (C=O) groups is 1. The van der Waals surface area contributed by atoms with Gasteiger partial charge in [-0.15, -0.1) is 0 Å². The maximum atomic E-state index is 12.6. The number of aromatic amines is 1. The highest BCUT2D eigenvalue weighted by Crippen LogP contribution is 2.24. The van der Waals surface area contributed by atoms with Crippen molar-refractivity contribution in [2.24, 2.45) is 0 Å². The number of morpholine rings is 1. The van der Waals surface area contributed by atoms with Gasteiger partial charge in [-0.3, -0.25) is 9.59 Å². The fraction of sp³-hybridized carbons (Fsp3) is 0.182. The minimum atomic E-state index is -0.219. The van der Waals surface area contributed by atoms with E-state index in [4.69, 9.17) is 16.3 Å². The van der Waals surface area contributed by atoms with Crippen molar-refractivity contribution >= 4 is 34.5 Å². The van der Waals surface area contributed by atoms with E-state index in [1.165, 1.54) is 6.08 Å². The number of benzene rings is 2. The zero-order chi connectivity index (χ0) is 19.5. The molecule has 6 heteroatoms. The largest absolute Gasteiger partial charge is 0.370 e. The Labute approximate surface area is 167 Å². The fourth-order valence-corrected chi connectivity index (χ4v) is 3.41. The number of H-pyrrole nitrogens is 1. The first-order valence-electron chi connectivity index (χ1n) is 9.06. The summed E-state index contributed by atoms with van der Waals surface area (Å²) >= 11 is 5.94. The third-order valence-corrected chi connectivity index (χ3v) is 5.06. The third-order valence-electron chi connectivity index (χ3n) is 4.81. The molecule has 142 valence electrons. The van der Waals surface area contributed by atoms with Gasteiger partial charge in [0.2, 0.25) is 5.91 Å². The molecule has 1 atom stereocenters. The molecule has 1 aromatic heterocycles. The van der Waals surface area contributed by atoms with E-state index in [0.717, 1.165) is 16.5 Å². The summed E-state index contributed by atoms with van der Waals surface area (Å²) in [5.41, 5.74) is 1.99. The van der Waals surface area contributed by atoms with Crippen molar-refractivity contribution in [2.45, 2.75) is 6.10 Å². The van der Waals surface area contributed by atoms with Gasteiger partial charge in [0.1, 0.15) is 6.10 Å². The van der Waals surface area contributed by atoms with Gasteiger partial charge in [-0.25, -0.2) is 0 Å². The SMILES string of the molecule is O=C(/C=C/c1cc2ccccc2[nH]c1=O)N1CCOC(c2ccc(Cl)cc2)C1. The van der Waals surface area contributed by atoms with Crippen molar-refractivity contribution in [3.8, 4) is 0 Å². The zero-order valence-electron chi connectivity index (χ0n) is 15.1. The number of para-hydroxylation sites is 1. The first-order chi connectivity index (χ1) is 13.6. The molecule has 1 N–H and O–H groups in total. The van der Waals surface area contributed by atoms with Crippen LogP contribution in [0.25, 0.3) is 17.0 Å². The second kappa shape index (κ2) is 8.00. The Kier molecular flexibility index (Phi) is 5.28. The Morgan fingerprint density at radius 1 is 1.18 bits per heavy atom. The number of hydrogen-bond donors (Lipinski definition) is 1. The Morgan fingerprint density at radius 3 is 2.79 bits per heavy atom. The number of nitrogens with zero attached hydrogens (tertiary/aromatic N) is 1. The van der Waals surface area contributed by atoms with Crippen LogP contribution in [0.4, 0.5) is 0 Å². The van der Waals surface area contributed by atoms with Gasteiger partial charge in [0.05, 0.1) is 13.2 Å². The number of amides is 1. The van der Waals surface area contributed by atoms with Crippen LogP contribution < -0.4 is 5.56 Å². The number of aromatic nitrogens is 1. The van der Waals surface area contributed by atoms with E-state index in [2.05, 4.69) is 4.98 Å². The van der Waals surface area contributed by atoms with Crippen LogP contribution in [0.2, 0.25) is 5.02 Å². The first kappa shape index (κ1) is 18.5. The summed E-state index contributed by atoms with van der Waals surface area (Å²) in [6.45, 7) is 1.43. The van der Waals surface area contributed by atoms with Gasteiger partial charge >= 0.3 is 0 Å². The molecule has 1 aliphatic rings. The topological polar surface area (TPSA) is 62.4 Å². The van der Waals surface area contributed by atoms with Crippen molar-refractivity contribution in [3.05, 3.63) is 87.2 Å². The van der Waals surface area contributed by atoms with E-state index in [-0.39, 0.29) is 17.6 Å². The predicted octanol–water partition coefficient (Wildman–Crippen LogP) is 3.79. The van der Waals surface area contributed by atoms with E-state index in [1.807, 2.05) is 48.5 Å². The van der Waals surface area contributed by atoms with Crippen molar-refractivity contribution < 1.29 is 9.53 Å². The molecule has 1 fully saturated rings. The number of rotatable bonds is 3. The first-order valence-corrected chi connectivity index (χ1v) is 9.44. The highest BCUT2D eigenvalue weighted by atomic mass is 35.5. The predicted molar refractivity (Wildman–Crippen MR) is 110 cm³/mol. The minimum Gasteiger partial charge on any atom is -0.370 e. The second-order valence-corrected chi connectivity index (χ2v) is 7.11. The van der Waals surface area contributed by atoms with E-state index < -0.39 is 0 Å². The standard InChI is InChI=1S/C22H19ClN2O3/c23-18-8-5-15(6-9-18)20-14-25(11-12-28-20)21(26)10-7-17-13-16-3-1-2-4-19(16)24-22(17)27/h1-10,13,20H,11-12,14H2,(H,24,27)/b10-7+. The number of nitrogens with one attached hydrogen (secondary N) is 1. The summed E-state index contributed by atoms with van der Waals surface area (Å²) in [7, 11) is 0. The molecule has 0 bridgehead atoms. The number of pyridine rings is 1. The van der Waals surface area contributed by atoms with Gasteiger partial charge < -0.3 is 14.6 Å². The molecule has 1 aliphatic heterocycles. The van der Waals surface area contributed by atoms with E-state index >= 15 is 0 Å². The van der Waals surface area contributed by atoms with Gasteiger partial charge in [0.15, 0.2) is 0 Å². The molecule has 3 aromatic rings. The number of hydrogen-bond acceptors (Lipinski definition) is 3. The van der Waals surface area contributed by atoms with Gasteiger partial charge in [-0.1, -0.05) is 41.9 Å². The molecule has 1 unspecified atom stereocenters. The Morgan fingerprint density at radius 2 is 1.96 bits per heavy atom. The average molecular weight is 395 g/mol. The maximum absolute atomic E-state index is 12.6. The normalized spacial score (nSPS) is 17.3. The molecular formula is C22H19ClN2O3. The highest BCUT2D eigenvalue weighted by molar-refractivity contribution is 6.30. The molecule has 2 heterocycles. The lowest BCUT2D eigenvalue weighted by atomic mass is 10.1. The van der Waals surface area contributed by atoms with Crippen LogP contribution in [0.5, 0.6) is 0 Å². The van der Waals surface area contributed by atoms with Crippen LogP contribution in [0, 0.1) is 0 Å². The van der Waals surface area contributed by atoms with Crippen molar-refractivity contribution in [1.29, 1.82) is 0 Å². The number of carbonyl (C=O) groups excluding carboxylic acids is 1. The average Bonchev–Trinajstić information content (AvgIpc) is 2.72. The molecule has 1 saturated heterocycles. The summed E-state index contributed by atoms with van der Waals surface area (Å²) in [4.78, 5) is 29.4. The van der Waals surface area contributed by atoms with Crippen molar-refractivity contribution in [1.82, 2.24) is 9.88 Å². The Bertz CT molecular complexity index is 1090. The Hall–Kier alpha value is -2.89. The lowest BCUT2D eigenvalue weighted by molar-refractivity contribution is -0.133. The van der Waals surface area contributed by atoms with E-state index in [9.17, 15) is 9.59 Å². The number of ether oxygens (including phenoxy) is 1. The van der Waals surface area contributed by atoms with Gasteiger partial charge in [-0.2, -0.15) is 0 Å². The molecule has 0 aliphatic carbocycles. The summed E-state index contributed by atoms with van der Waals surface area (Å²) in [5.74, 6) is -0.144. The van der Waals surface area contributed by atoms with Crippen molar-refractivity contribution in [3.63, 3.8) is 0 Å². The van der Waals surface area contributed by atoms with Crippen LogP contribution in [0.15, 0.2) is 65.5 Å². The molecule has 0 spiro atoms. The quantitative estimate of drug-likeness (QED) is 0.687. The summed E-state index contributed by atoms with van der Waals surface area (Å²) in [5, 5.41) is 1.58. The maximum Gasteiger partial charge on any atom is 0.255 e. The van der Waals surface area contributed by atoms with Crippen LogP contribution in [0.3, 0.4) is 0 Å². The zero-order valence-corrected chi connectivity index (χ0v) is 15.9. The molecule has 4 rings (SSSR count). The minimum absolute atomic E-state index is 0.144. The lowest BCUT2D eigenvalue weighted by Crippen LogP contribution is -2.41. The number of fused-ring (bicyclic) bond motifs is 1. The van der Waals surface area contributed by atoms with Gasteiger partial charge in [-0.05, 0) is 41.3 Å². The molecule has 0 saturated carbocycles. The van der Waals surface area contributed by atoms with Crippen molar-refractivity contribution in [2.75, 3.05) is 19.7 Å². The smallest absolute Gasteiger partial charge is 0.255 e. The van der Waals surface area contributed by atoms with E-state index in [1.54, 1.807) is 17.0 Å². The molecule has 0 radical (unpaired) electrons. The van der Waals surface area contributed by atoms with Gasteiger partial charge in [0.25, 0.3) is 5.56 Å². The van der Waals surface area contributed by atoms with E-state index in [0.29, 0.717) is 30.3 Å². The molecular weight excluding hydrogens is 376 g/mol. The summed E-state index contributed by atoms with van der Waals surface area (Å²) in [6.07, 6.45) is 2.83. The Balaban J connectivity index is 1.49. The molecule has 5 nitrogen and oxygen atoms in total. The van der Waals surface area contributed by atoms with Crippen LogP contribution in [-0.2, 0) is 9.53 Å². The van der Waals surface area contributed by atoms with Crippen LogP contribution >= 0.6 is 11.6 Å². The lowest BCUT2D eigenvalue weighted by Gasteiger charge is -2.32. The summed E-state index contributed by atoms with van der Waals surface area (Å²) < 4.78 is 5.80. The molecule has 1 amide bonds.